The van der Waals surface area contributed by atoms with Crippen molar-refractivity contribution >= 4 is 75.3 Å². The van der Waals surface area contributed by atoms with Gasteiger partial charge >= 0.3 is 0 Å². The van der Waals surface area contributed by atoms with Crippen molar-refractivity contribution in [1.29, 1.82) is 0 Å². The summed E-state index contributed by atoms with van der Waals surface area (Å²) in [7, 11) is 0. The Morgan fingerprint density at radius 2 is 1.69 bits per heavy atom. The van der Waals surface area contributed by atoms with Gasteiger partial charge in [0.1, 0.15) is 6.17 Å². The van der Waals surface area contributed by atoms with Crippen molar-refractivity contribution in [3.8, 4) is 0 Å². The fourth-order valence-corrected chi connectivity index (χ4v) is 2.84. The van der Waals surface area contributed by atoms with Crippen LogP contribution >= 0.6 is 58.6 Å². The van der Waals surface area contributed by atoms with Gasteiger partial charge in [-0.25, -0.2) is 0 Å². The van der Waals surface area contributed by atoms with Gasteiger partial charge in [0.05, 0.1) is 0 Å². The smallest absolute Gasteiger partial charge is 0.228 e. The normalized spacial score (nSPS) is 12.3. The third kappa shape index (κ3) is 10.0. The zero-order chi connectivity index (χ0) is 19.6. The molecule has 0 spiro atoms. The first-order valence-electron chi connectivity index (χ1n) is 8.41. The summed E-state index contributed by atoms with van der Waals surface area (Å²) in [5.74, 6) is -0.195. The fraction of sp³-hybridized carbons (Fsp3) is 0.529. The van der Waals surface area contributed by atoms with Crippen LogP contribution in [-0.4, -0.2) is 21.0 Å². The van der Waals surface area contributed by atoms with Gasteiger partial charge in [-0.15, -0.1) is 0 Å². The quantitative estimate of drug-likeness (QED) is 0.189. The third-order valence-electron chi connectivity index (χ3n) is 3.52. The molecule has 0 saturated carbocycles. The van der Waals surface area contributed by atoms with Crippen LogP contribution < -0.4 is 16.0 Å². The Bertz CT molecular complexity index is 578. The molecule has 0 radical (unpaired) electrons. The molecule has 0 saturated heterocycles. The number of nitrogens with one attached hydrogen (secondary N) is 3. The number of alkyl halides is 3. The van der Waals surface area contributed by atoms with E-state index in [1.54, 1.807) is 24.3 Å². The largest absolute Gasteiger partial charge is 0.339 e. The van der Waals surface area contributed by atoms with Gasteiger partial charge in [0.15, 0.2) is 5.11 Å². The maximum atomic E-state index is 12.1. The number of carbonyl (C=O) groups is 1. The number of thiocarbonyl (C=S) groups is 1. The van der Waals surface area contributed by atoms with E-state index in [1.807, 2.05) is 0 Å². The topological polar surface area (TPSA) is 53.2 Å². The van der Waals surface area contributed by atoms with Crippen molar-refractivity contribution in [3.63, 3.8) is 0 Å². The van der Waals surface area contributed by atoms with Crippen LogP contribution in [0.4, 0.5) is 5.69 Å². The SMILES string of the molecule is CCCCCCCC(=O)N[C@@H](NC(=S)Nc1ccc(Cl)cc1)C(Cl)(Cl)Cl. The molecule has 0 aliphatic heterocycles. The Kier molecular flexibility index (Phi) is 11.0. The van der Waals surface area contributed by atoms with E-state index in [0.29, 0.717) is 11.4 Å². The average Bonchev–Trinajstić information content (AvgIpc) is 2.55. The van der Waals surface area contributed by atoms with E-state index < -0.39 is 9.96 Å². The number of anilines is 1. The van der Waals surface area contributed by atoms with Crippen molar-refractivity contribution in [1.82, 2.24) is 10.6 Å². The molecule has 26 heavy (non-hydrogen) atoms. The number of unbranched alkanes of at least 4 members (excludes halogenated alkanes) is 4. The second-order valence-corrected chi connectivity index (χ2v) is 9.03. The van der Waals surface area contributed by atoms with Crippen molar-refractivity contribution in [3.05, 3.63) is 29.3 Å². The Balaban J connectivity index is 2.51. The van der Waals surface area contributed by atoms with Crippen molar-refractivity contribution in [2.45, 2.75) is 55.4 Å². The highest BCUT2D eigenvalue weighted by molar-refractivity contribution is 7.80. The molecule has 0 aliphatic carbocycles. The summed E-state index contributed by atoms with van der Waals surface area (Å²) in [5.41, 5.74) is 0.720. The molecule has 146 valence electrons. The van der Waals surface area contributed by atoms with E-state index in [9.17, 15) is 4.79 Å². The molecule has 0 fully saturated rings. The molecule has 1 aromatic rings. The van der Waals surface area contributed by atoms with Crippen molar-refractivity contribution in [2.24, 2.45) is 0 Å². The number of carbonyl (C=O) groups excluding carboxylic acids is 1. The minimum atomic E-state index is -1.76. The van der Waals surface area contributed by atoms with E-state index in [2.05, 4.69) is 22.9 Å². The molecule has 3 N–H and O–H groups in total. The van der Waals surface area contributed by atoms with E-state index in [-0.39, 0.29) is 11.0 Å². The molecule has 1 aromatic carbocycles. The van der Waals surface area contributed by atoms with Crippen LogP contribution in [0.2, 0.25) is 5.02 Å². The summed E-state index contributed by atoms with van der Waals surface area (Å²) < 4.78 is -1.76. The molecule has 0 unspecified atom stereocenters. The highest BCUT2D eigenvalue weighted by Crippen LogP contribution is 2.29. The van der Waals surface area contributed by atoms with Crippen LogP contribution in [0, 0.1) is 0 Å². The van der Waals surface area contributed by atoms with Gasteiger partial charge in [0.25, 0.3) is 0 Å². The number of benzene rings is 1. The maximum absolute atomic E-state index is 12.1. The number of halogens is 4. The van der Waals surface area contributed by atoms with Gasteiger partial charge < -0.3 is 16.0 Å². The van der Waals surface area contributed by atoms with Gasteiger partial charge in [0.2, 0.25) is 9.70 Å². The van der Waals surface area contributed by atoms with E-state index in [4.69, 9.17) is 58.6 Å². The third-order valence-corrected chi connectivity index (χ3v) is 4.64. The Morgan fingerprint density at radius 1 is 1.08 bits per heavy atom. The van der Waals surface area contributed by atoms with Crippen LogP contribution in [-0.2, 0) is 4.79 Å². The predicted molar refractivity (Wildman–Crippen MR) is 116 cm³/mol. The number of amides is 1. The van der Waals surface area contributed by atoms with Crippen LogP contribution in [0.1, 0.15) is 45.4 Å². The molecule has 9 heteroatoms. The Labute approximate surface area is 180 Å². The molecule has 1 rings (SSSR count). The first kappa shape index (κ1) is 23.6. The predicted octanol–water partition coefficient (Wildman–Crippen LogP) is 5.80. The molecular formula is C17H23Cl4N3OS. The van der Waals surface area contributed by atoms with Crippen molar-refractivity contribution < 1.29 is 4.79 Å². The maximum Gasteiger partial charge on any atom is 0.228 e. The molecule has 1 atom stereocenters. The first-order valence-corrected chi connectivity index (χ1v) is 10.3. The molecular weight excluding hydrogens is 436 g/mol. The summed E-state index contributed by atoms with van der Waals surface area (Å²) in [6.45, 7) is 2.14. The molecule has 0 aromatic heterocycles. The Hall–Kier alpha value is -0.460. The lowest BCUT2D eigenvalue weighted by atomic mass is 10.1. The zero-order valence-corrected chi connectivity index (χ0v) is 18.3. The van der Waals surface area contributed by atoms with Crippen LogP contribution in [0.5, 0.6) is 0 Å². The summed E-state index contributed by atoms with van der Waals surface area (Å²) >= 11 is 29.0. The van der Waals surface area contributed by atoms with Gasteiger partial charge in [0, 0.05) is 17.1 Å². The molecule has 0 bridgehead atoms. The summed E-state index contributed by atoms with van der Waals surface area (Å²) in [6, 6.07) is 6.96. The standard InChI is InChI=1S/C17H23Cl4N3OS/c1-2-3-4-5-6-7-14(25)23-15(17(19,20)21)24-16(26)22-13-10-8-12(18)9-11-13/h8-11,15H,2-7H2,1H3,(H,23,25)(H2,22,24,26)/t15-/m0/s1. The lowest BCUT2D eigenvalue weighted by molar-refractivity contribution is -0.122. The van der Waals surface area contributed by atoms with E-state index >= 15 is 0 Å². The zero-order valence-electron chi connectivity index (χ0n) is 14.5. The number of rotatable bonds is 9. The van der Waals surface area contributed by atoms with Gasteiger partial charge in [-0.05, 0) is 42.9 Å². The second-order valence-electron chi connectivity index (χ2n) is 5.81. The Morgan fingerprint density at radius 3 is 2.27 bits per heavy atom. The van der Waals surface area contributed by atoms with Gasteiger partial charge in [-0.2, -0.15) is 0 Å². The summed E-state index contributed by atoms with van der Waals surface area (Å²) in [4.78, 5) is 12.1. The molecule has 0 heterocycles. The summed E-state index contributed by atoms with van der Waals surface area (Å²) in [6.07, 6.45) is 4.66. The first-order chi connectivity index (χ1) is 12.2. The fourth-order valence-electron chi connectivity index (χ4n) is 2.15. The molecule has 4 nitrogen and oxygen atoms in total. The average molecular weight is 459 g/mol. The van der Waals surface area contributed by atoms with Crippen molar-refractivity contribution in [2.75, 3.05) is 5.32 Å². The molecule has 1 amide bonds. The lowest BCUT2D eigenvalue weighted by Gasteiger charge is -2.27. The van der Waals surface area contributed by atoms with E-state index in [0.717, 1.165) is 31.4 Å². The highest BCUT2D eigenvalue weighted by atomic mass is 35.6. The number of hydrogen-bond donors (Lipinski definition) is 3. The highest BCUT2D eigenvalue weighted by Gasteiger charge is 2.34. The van der Waals surface area contributed by atoms with Gasteiger partial charge in [-0.3, -0.25) is 4.79 Å². The lowest BCUT2D eigenvalue weighted by Crippen LogP contribution is -2.56. The number of hydrogen-bond acceptors (Lipinski definition) is 2. The van der Waals surface area contributed by atoms with Crippen LogP contribution in [0.25, 0.3) is 0 Å². The second kappa shape index (κ2) is 12.1. The van der Waals surface area contributed by atoms with Crippen LogP contribution in [0.15, 0.2) is 24.3 Å². The minimum absolute atomic E-state index is 0.195. The minimum Gasteiger partial charge on any atom is -0.339 e. The van der Waals surface area contributed by atoms with Crippen LogP contribution in [0.3, 0.4) is 0 Å². The molecule has 0 aliphatic rings. The van der Waals surface area contributed by atoms with E-state index in [1.165, 1.54) is 6.42 Å². The van der Waals surface area contributed by atoms with Gasteiger partial charge in [-0.1, -0.05) is 79.0 Å². The summed E-state index contributed by atoms with van der Waals surface area (Å²) in [5, 5.41) is 9.27. The monoisotopic (exact) mass is 457 g/mol.